The molecular weight excluding hydrogens is 372 g/mol. The highest BCUT2D eigenvalue weighted by Crippen LogP contribution is 2.55. The van der Waals surface area contributed by atoms with Crippen LogP contribution in [0.2, 0.25) is 0 Å². The lowest BCUT2D eigenvalue weighted by molar-refractivity contribution is -0.134. The molecule has 2 bridgehead atoms. The fourth-order valence-corrected chi connectivity index (χ4v) is 3.03. The highest BCUT2D eigenvalue weighted by Gasteiger charge is 2.48. The van der Waals surface area contributed by atoms with Crippen molar-refractivity contribution in [3.05, 3.63) is 23.8 Å². The molecule has 0 heterocycles. The molecule has 9 heteroatoms. The van der Waals surface area contributed by atoms with Crippen LogP contribution < -0.4 is 0 Å². The van der Waals surface area contributed by atoms with Crippen molar-refractivity contribution in [2.45, 2.75) is 39.5 Å². The lowest BCUT2D eigenvalue weighted by Gasteiger charge is -2.26. The van der Waals surface area contributed by atoms with E-state index in [0.29, 0.717) is 30.1 Å². The standard InChI is InChI=1S/C10H14O3.C5H12O2.C4H4O4/c11-4-3-10-2-1-7(6-10)5-8(10)9(12)13;1-5(2,3-6)4-7;5-3(6)1-2-4(7)8/h5,7,11H,1-4,6H2,(H,12,13);6-7H,3-4H2,1-2H3;1-2H,(H,5,6)(H,7,8). The summed E-state index contributed by atoms with van der Waals surface area (Å²) in [5, 5.41) is 50.4. The van der Waals surface area contributed by atoms with Crippen molar-refractivity contribution in [3.63, 3.8) is 0 Å². The molecule has 1 saturated carbocycles. The first-order chi connectivity index (χ1) is 12.9. The summed E-state index contributed by atoms with van der Waals surface area (Å²) in [6.07, 6.45) is 6.59. The van der Waals surface area contributed by atoms with Crippen LogP contribution in [-0.2, 0) is 14.4 Å². The van der Waals surface area contributed by atoms with E-state index in [1.165, 1.54) is 0 Å². The molecule has 6 N–H and O–H groups in total. The number of allylic oxidation sites excluding steroid dienone is 1. The third kappa shape index (κ3) is 8.64. The van der Waals surface area contributed by atoms with Gasteiger partial charge in [-0.15, -0.1) is 0 Å². The summed E-state index contributed by atoms with van der Waals surface area (Å²) in [5.74, 6) is -2.85. The molecule has 0 aromatic heterocycles. The van der Waals surface area contributed by atoms with Gasteiger partial charge in [0.1, 0.15) is 0 Å². The van der Waals surface area contributed by atoms with E-state index >= 15 is 0 Å². The Kier molecular flexibility index (Phi) is 10.7. The van der Waals surface area contributed by atoms with E-state index in [-0.39, 0.29) is 30.7 Å². The van der Waals surface area contributed by atoms with E-state index in [1.54, 1.807) is 13.8 Å². The van der Waals surface area contributed by atoms with Crippen LogP contribution in [0.3, 0.4) is 0 Å². The van der Waals surface area contributed by atoms with Crippen LogP contribution in [0.15, 0.2) is 23.8 Å². The summed E-state index contributed by atoms with van der Waals surface area (Å²) < 4.78 is 0. The molecule has 0 spiro atoms. The molecule has 0 amide bonds. The number of aliphatic carboxylic acids is 3. The molecule has 2 rings (SSSR count). The molecule has 0 aromatic carbocycles. The molecule has 0 saturated heterocycles. The lowest BCUT2D eigenvalue weighted by atomic mass is 9.78. The van der Waals surface area contributed by atoms with E-state index in [4.69, 9.17) is 30.6 Å². The first-order valence-electron chi connectivity index (χ1n) is 8.85. The number of carboxylic acids is 3. The summed E-state index contributed by atoms with van der Waals surface area (Å²) >= 11 is 0. The Balaban J connectivity index is 0.000000424. The van der Waals surface area contributed by atoms with Crippen molar-refractivity contribution in [1.29, 1.82) is 0 Å². The van der Waals surface area contributed by atoms with Crippen molar-refractivity contribution in [2.75, 3.05) is 19.8 Å². The van der Waals surface area contributed by atoms with Crippen molar-refractivity contribution < 1.29 is 45.0 Å². The molecule has 28 heavy (non-hydrogen) atoms. The average molecular weight is 402 g/mol. The number of hydrogen-bond acceptors (Lipinski definition) is 6. The van der Waals surface area contributed by atoms with Crippen molar-refractivity contribution in [1.82, 2.24) is 0 Å². The van der Waals surface area contributed by atoms with E-state index in [0.717, 1.165) is 19.3 Å². The van der Waals surface area contributed by atoms with Gasteiger partial charge in [-0.05, 0) is 31.6 Å². The van der Waals surface area contributed by atoms with Gasteiger partial charge in [0.15, 0.2) is 0 Å². The van der Waals surface area contributed by atoms with Crippen LogP contribution in [0.4, 0.5) is 0 Å². The van der Waals surface area contributed by atoms with Crippen LogP contribution in [0.1, 0.15) is 39.5 Å². The van der Waals surface area contributed by atoms with Gasteiger partial charge in [0, 0.05) is 35.2 Å². The van der Waals surface area contributed by atoms with Gasteiger partial charge in [-0.2, -0.15) is 0 Å². The maximum absolute atomic E-state index is 10.9. The Bertz CT molecular complexity index is 585. The highest BCUT2D eigenvalue weighted by molar-refractivity contribution is 5.90. The predicted molar refractivity (Wildman–Crippen MR) is 99.6 cm³/mol. The summed E-state index contributed by atoms with van der Waals surface area (Å²) in [6, 6.07) is 0. The summed E-state index contributed by atoms with van der Waals surface area (Å²) in [7, 11) is 0. The number of carboxylic acid groups (broad SMARTS) is 3. The SMILES string of the molecule is CC(C)(CO)CO.O=C(O)C1=CC2CCC1(CCO)C2.O=C(O)C=CC(=O)O. The van der Waals surface area contributed by atoms with Gasteiger partial charge in [0.05, 0.1) is 13.2 Å². The van der Waals surface area contributed by atoms with Crippen LogP contribution in [0.25, 0.3) is 0 Å². The Morgan fingerprint density at radius 1 is 1.07 bits per heavy atom. The first kappa shape index (κ1) is 25.8. The molecular formula is C19H30O9. The Hall–Kier alpha value is -2.23. The Morgan fingerprint density at radius 2 is 1.57 bits per heavy atom. The van der Waals surface area contributed by atoms with Crippen molar-refractivity contribution in [3.8, 4) is 0 Å². The summed E-state index contributed by atoms with van der Waals surface area (Å²) in [5.41, 5.74) is 0.0587. The average Bonchev–Trinajstić information content (AvgIpc) is 3.19. The number of aliphatic hydroxyl groups excluding tert-OH is 3. The lowest BCUT2D eigenvalue weighted by Crippen LogP contribution is -2.24. The molecule has 0 aliphatic heterocycles. The molecule has 0 radical (unpaired) electrons. The number of rotatable bonds is 7. The van der Waals surface area contributed by atoms with Gasteiger partial charge < -0.3 is 30.6 Å². The number of aliphatic hydroxyl groups is 3. The molecule has 1 fully saturated rings. The van der Waals surface area contributed by atoms with E-state index in [1.807, 2.05) is 6.08 Å². The second-order valence-electron chi connectivity index (χ2n) is 7.63. The second-order valence-corrected chi connectivity index (χ2v) is 7.63. The largest absolute Gasteiger partial charge is 0.478 e. The number of fused-ring (bicyclic) bond motifs is 2. The Morgan fingerprint density at radius 3 is 1.86 bits per heavy atom. The van der Waals surface area contributed by atoms with Gasteiger partial charge in [0.25, 0.3) is 0 Å². The third-order valence-corrected chi connectivity index (χ3v) is 4.67. The summed E-state index contributed by atoms with van der Waals surface area (Å²) in [4.78, 5) is 30.0. The Labute approximate surface area is 163 Å². The smallest absolute Gasteiger partial charge is 0.331 e. The maximum Gasteiger partial charge on any atom is 0.331 e. The predicted octanol–water partition coefficient (Wildman–Crippen LogP) is 0.889. The molecule has 2 aliphatic carbocycles. The van der Waals surface area contributed by atoms with Crippen LogP contribution in [-0.4, -0.2) is 68.4 Å². The van der Waals surface area contributed by atoms with Gasteiger partial charge in [-0.1, -0.05) is 19.9 Å². The van der Waals surface area contributed by atoms with Crippen LogP contribution in [0.5, 0.6) is 0 Å². The van der Waals surface area contributed by atoms with Crippen molar-refractivity contribution in [2.24, 2.45) is 16.7 Å². The first-order valence-corrected chi connectivity index (χ1v) is 8.85. The minimum absolute atomic E-state index is 0.0451. The fraction of sp³-hybridized carbons (Fsp3) is 0.632. The van der Waals surface area contributed by atoms with Gasteiger partial charge in [-0.25, -0.2) is 14.4 Å². The fourth-order valence-electron chi connectivity index (χ4n) is 3.03. The second kappa shape index (κ2) is 11.6. The molecule has 0 aromatic rings. The van der Waals surface area contributed by atoms with Crippen LogP contribution in [0, 0.1) is 16.7 Å². The normalized spacial score (nSPS) is 22.6. The maximum atomic E-state index is 10.9. The van der Waals surface area contributed by atoms with Crippen molar-refractivity contribution >= 4 is 17.9 Å². The molecule has 9 nitrogen and oxygen atoms in total. The zero-order valence-electron chi connectivity index (χ0n) is 16.2. The van der Waals surface area contributed by atoms with Gasteiger partial charge >= 0.3 is 17.9 Å². The minimum atomic E-state index is -1.26. The van der Waals surface area contributed by atoms with Crippen LogP contribution >= 0.6 is 0 Å². The van der Waals surface area contributed by atoms with E-state index < -0.39 is 17.9 Å². The topological polar surface area (TPSA) is 173 Å². The molecule has 160 valence electrons. The van der Waals surface area contributed by atoms with Gasteiger partial charge in [0.2, 0.25) is 0 Å². The highest BCUT2D eigenvalue weighted by atomic mass is 16.4. The van der Waals surface area contributed by atoms with E-state index in [9.17, 15) is 14.4 Å². The molecule has 2 atom stereocenters. The quantitative estimate of drug-likeness (QED) is 0.338. The summed E-state index contributed by atoms with van der Waals surface area (Å²) in [6.45, 7) is 3.78. The zero-order chi connectivity index (χ0) is 22.0. The number of carbonyl (C=O) groups is 3. The monoisotopic (exact) mass is 402 g/mol. The minimum Gasteiger partial charge on any atom is -0.478 e. The molecule has 2 aliphatic rings. The third-order valence-electron chi connectivity index (χ3n) is 4.67. The zero-order valence-corrected chi connectivity index (χ0v) is 16.2. The van der Waals surface area contributed by atoms with E-state index in [2.05, 4.69) is 0 Å². The molecule has 2 unspecified atom stereocenters. The van der Waals surface area contributed by atoms with Gasteiger partial charge in [-0.3, -0.25) is 0 Å². The number of hydrogen-bond donors (Lipinski definition) is 6.